The molecule has 0 bridgehead atoms. The van der Waals surface area contributed by atoms with Gasteiger partial charge in [0.05, 0.1) is 104 Å². The number of benzene rings is 7. The van der Waals surface area contributed by atoms with Crippen LogP contribution in [0.25, 0.3) is 0 Å². The van der Waals surface area contributed by atoms with Crippen LogP contribution < -0.4 is 60.3 Å². The van der Waals surface area contributed by atoms with Crippen LogP contribution in [-0.2, 0) is 59.2 Å². The Kier molecular flexibility index (Phi) is 40.4. The fourth-order valence-corrected chi connectivity index (χ4v) is 20.2. The molecule has 0 aromatic heterocycles. The van der Waals surface area contributed by atoms with Crippen LogP contribution >= 0.6 is 82.3 Å². The van der Waals surface area contributed by atoms with Crippen molar-refractivity contribution in [3.8, 4) is 23.0 Å². The van der Waals surface area contributed by atoms with Crippen molar-refractivity contribution in [3.63, 3.8) is 0 Å². The largest absolute Gasteiger partial charge is 0.508 e. The molecule has 680 valence electrons. The number of allylic oxidation sites excluding steroid dienone is 4. The van der Waals surface area contributed by atoms with E-state index in [0.29, 0.717) is 59.6 Å². The monoisotopic (exact) mass is 1930 g/mol. The second kappa shape index (κ2) is 49.2. The number of carbonyl (C=O) groups excluding carboxylic acids is 3. The van der Waals surface area contributed by atoms with E-state index in [9.17, 15) is 62.3 Å². The number of rotatable bonds is 39. The number of hydrogen-bond acceptors (Lipinski definition) is 24. The van der Waals surface area contributed by atoms with Crippen molar-refractivity contribution >= 4 is 169 Å². The zero-order valence-electron chi connectivity index (χ0n) is 70.9. The van der Waals surface area contributed by atoms with E-state index in [2.05, 4.69) is 110 Å². The van der Waals surface area contributed by atoms with Gasteiger partial charge in [0.25, 0.3) is 52.3 Å². The number of phenols is 1. The van der Waals surface area contributed by atoms with Gasteiger partial charge in [0.15, 0.2) is 29.1 Å². The molecule has 7 aromatic rings. The molecule has 6 atom stereocenters. The van der Waals surface area contributed by atoms with Crippen LogP contribution in [0, 0.1) is 13.8 Å². The lowest BCUT2D eigenvalue weighted by Gasteiger charge is -2.22. The Hall–Kier alpha value is -7.68. The molecule has 3 amide bonds. The van der Waals surface area contributed by atoms with E-state index in [1.807, 2.05) is 76.2 Å². The van der Waals surface area contributed by atoms with Crippen molar-refractivity contribution in [2.75, 3.05) is 97.1 Å². The minimum absolute atomic E-state index is 0.0188. The number of phenolic OH excluding ortho intramolecular Hbond substituents is 1. The zero-order chi connectivity index (χ0) is 91.3. The zero-order valence-corrected chi connectivity index (χ0v) is 79.7. The third-order valence-corrected chi connectivity index (χ3v) is 28.5. The number of aromatic hydroxyl groups is 1. The number of nitrogens with zero attached hydrogens (tertiary/aromatic N) is 2. The quantitative estimate of drug-likeness (QED) is 0.00737. The molecule has 0 spiro atoms. The average molecular weight is 1940 g/mol. The van der Waals surface area contributed by atoms with Gasteiger partial charge in [0.2, 0.25) is 5.91 Å². The summed E-state index contributed by atoms with van der Waals surface area (Å²) in [6.07, 6.45) is 10.8. The molecule has 4 aliphatic heterocycles. The predicted octanol–water partition coefficient (Wildman–Crippen LogP) is 12.8. The third kappa shape index (κ3) is 34.7. The van der Waals surface area contributed by atoms with E-state index in [1.54, 1.807) is 125 Å². The van der Waals surface area contributed by atoms with Gasteiger partial charge in [-0.25, -0.2) is 0 Å². The number of hydrogen-bond donors (Lipinski definition) is 12. The molecule has 0 radical (unpaired) electrons. The Labute approximate surface area is 764 Å². The molecule has 0 aliphatic carbocycles. The highest BCUT2D eigenvalue weighted by atomic mass is 35.5. The third-order valence-electron chi connectivity index (χ3n) is 19.6. The summed E-state index contributed by atoms with van der Waals surface area (Å²) in [4.78, 5) is 55.5. The fraction of sp³-hybridized carbons (Fsp3) is 0.376. The summed E-state index contributed by atoms with van der Waals surface area (Å²) in [5.41, 5.74) is 14.2. The predicted molar refractivity (Wildman–Crippen MR) is 499 cm³/mol. The number of fused-ring (bicyclic) bond motifs is 4. The van der Waals surface area contributed by atoms with Gasteiger partial charge < -0.3 is 44.8 Å². The molecular weight excluding hydrogens is 1830 g/mol. The molecular formula is C85H110Cl2N9O20S9+3. The highest BCUT2D eigenvalue weighted by molar-refractivity contribution is 8.04. The maximum Gasteiger partial charge on any atom is 0.279 e. The van der Waals surface area contributed by atoms with E-state index in [1.165, 1.54) is 31.4 Å². The summed E-state index contributed by atoms with van der Waals surface area (Å²) in [6, 6.07) is 43.9. The van der Waals surface area contributed by atoms with Gasteiger partial charge >= 0.3 is 0 Å². The molecule has 0 saturated carbocycles. The second-order valence-electron chi connectivity index (χ2n) is 29.2. The number of halogens is 2. The van der Waals surface area contributed by atoms with Gasteiger partial charge in [-0.05, 0) is 242 Å². The Bertz CT molecular complexity index is 5430. The highest BCUT2D eigenvalue weighted by Gasteiger charge is 2.38. The number of ether oxygens (including phenoxy) is 2. The minimum Gasteiger partial charge on any atom is -0.508 e. The van der Waals surface area contributed by atoms with E-state index < -0.39 is 69.9 Å². The normalized spacial score (nSPS) is 17.2. The highest BCUT2D eigenvalue weighted by Crippen LogP contribution is 2.49. The van der Waals surface area contributed by atoms with Gasteiger partial charge in [0, 0.05) is 62.9 Å². The van der Waals surface area contributed by atoms with Crippen LogP contribution in [0.4, 0.5) is 28.4 Å². The first kappa shape index (κ1) is 103. The number of quaternary nitrogens is 3. The van der Waals surface area contributed by atoms with Crippen molar-refractivity contribution < 1.29 is 105 Å². The molecule has 6 unspecified atom stereocenters. The smallest absolute Gasteiger partial charge is 0.279 e. The molecule has 29 nitrogen and oxygen atoms in total. The summed E-state index contributed by atoms with van der Waals surface area (Å²) in [5, 5.41) is 16.8. The number of amides is 3. The van der Waals surface area contributed by atoms with Crippen LogP contribution in [0.1, 0.15) is 98.6 Å². The standard InChI is InChI=1S/C27H30Cl2N4O8S4.C27H34N2O6S4.C25H28N2O6S.C6H15N/c1-2-17(11-26-32(15-24(34)30-7-9-44(36,37)38)20-13-18(28)3-5-22(20)42-26)12-27-33(16-25(35)31-8-10-45(39,40)41)21-14-19(29)4-6-23(21)43-27;1-4-21(17-26-28(11-5-13-38(30,31)32)22-15-19(2)7-9-24(22)36-26)18-27-29(12-6-14-39(33,34)35)23-16-20(3)8-10-25(23)37-27;1-4-17(2)30-21-9-5-19(6-10-21)26-27-25(29)18(3)31-22-11-13-23(14-12-22)32-33-34-24-15-7-20(28)8-16-24;1-4-7(5-2)6-3/h3-6,11-14,26H,2,7-10,15-16H2,1H3,(H,30,34)(H,31,35)(H,36,37,38)(H,39,40,41);7-10,15-18,26H,4-6,11-14H2,1-3H3,(H,30,31,32)(H,33,34,35);5-18,26,28H,4H2,1-3H3,(H,27,29);4-6H2,1-3H3/p+3/b17-11+,27-12-;21-17+,27-18-;;. The molecule has 0 fully saturated rings. The number of nitrogens with one attached hydrogen (secondary N) is 7. The Morgan fingerprint density at radius 3 is 1.59 bits per heavy atom. The summed E-state index contributed by atoms with van der Waals surface area (Å²) in [6.45, 7) is 24.8. The van der Waals surface area contributed by atoms with Crippen molar-refractivity contribution in [3.05, 3.63) is 212 Å². The first-order valence-electron chi connectivity index (χ1n) is 40.4. The molecule has 7 aromatic carbocycles. The van der Waals surface area contributed by atoms with Crippen LogP contribution in [0.2, 0.25) is 10.0 Å². The first-order chi connectivity index (χ1) is 59.2. The van der Waals surface area contributed by atoms with Crippen LogP contribution in [0.5, 0.6) is 23.0 Å². The lowest BCUT2D eigenvalue weighted by molar-refractivity contribution is -0.894. The van der Waals surface area contributed by atoms with Crippen molar-refractivity contribution in [1.29, 1.82) is 0 Å². The molecule has 4 aliphatic rings. The molecule has 11 rings (SSSR count). The van der Waals surface area contributed by atoms with Gasteiger partial charge in [0.1, 0.15) is 35.2 Å². The Morgan fingerprint density at radius 2 is 1.04 bits per heavy atom. The molecule has 125 heavy (non-hydrogen) atoms. The van der Waals surface area contributed by atoms with E-state index in [4.69, 9.17) is 51.0 Å². The van der Waals surface area contributed by atoms with Crippen LogP contribution in [0.15, 0.2) is 216 Å². The summed E-state index contributed by atoms with van der Waals surface area (Å²) in [7, 11) is -16.5. The second-order valence-corrected chi connectivity index (χ2v) is 41.6. The van der Waals surface area contributed by atoms with Gasteiger partial charge in [-0.3, -0.25) is 53.2 Å². The molecule has 0 saturated heterocycles. The number of thioether (sulfide) groups is 4. The number of carbonyl (C=O) groups is 3. The lowest BCUT2D eigenvalue weighted by Crippen LogP contribution is -3.11. The number of aryl methyl sites for hydroxylation is 2. The topological polar surface area (TPSA) is 394 Å². The molecule has 12 N–H and O–H groups in total. The van der Waals surface area contributed by atoms with Gasteiger partial charge in [-0.1, -0.05) is 103 Å². The number of anilines is 3. The van der Waals surface area contributed by atoms with Gasteiger partial charge in [-0.15, -0.1) is 4.33 Å². The van der Waals surface area contributed by atoms with E-state index >= 15 is 0 Å². The fourth-order valence-electron chi connectivity index (χ4n) is 12.7. The van der Waals surface area contributed by atoms with Crippen molar-refractivity contribution in [2.45, 2.75) is 149 Å². The maximum atomic E-state index is 12.8. The number of hydrazine groups is 1. The minimum atomic E-state index is -4.23. The SMILES string of the molecule is CCC(/C=C1\Sc2ccc(C)cc2N1CCCS(=O)(=O)O)=C\C1Sc2ccc(C)cc2[NH+]1CCCS(=O)(=O)O.CCC(/C=C1\Sc2ccc(Cl)cc2N1CC(=O)NCCS(=O)(=O)O)=C\C1Sc2ccc(Cl)cc2[NH+]1CC(=O)NCCS(=O)(=O)O.CCC(C)Oc1ccc(NNC(=O)C(C)Oc2ccc(OOSc3ccc(O)cc3)cc2)cc1.CC[NH+](CC)CC. The van der Waals surface area contributed by atoms with Crippen LogP contribution in [-0.4, -0.2) is 180 Å². The van der Waals surface area contributed by atoms with Gasteiger partial charge in [-0.2, -0.15) is 33.7 Å². The summed E-state index contributed by atoms with van der Waals surface area (Å²) < 4.78 is 143. The first-order valence-corrected chi connectivity index (χ1v) is 51.7. The van der Waals surface area contributed by atoms with E-state index in [-0.39, 0.29) is 66.2 Å². The maximum absolute atomic E-state index is 12.8. The summed E-state index contributed by atoms with van der Waals surface area (Å²) in [5.74, 6) is -1.00. The Morgan fingerprint density at radius 1 is 0.560 bits per heavy atom. The molecule has 40 heteroatoms. The molecule has 4 heterocycles. The average Bonchev–Trinajstić information content (AvgIpc) is 1.53. The Balaban J connectivity index is 0.000000225. The van der Waals surface area contributed by atoms with E-state index in [0.717, 1.165) is 120 Å². The summed E-state index contributed by atoms with van der Waals surface area (Å²) >= 11 is 20.0. The lowest BCUT2D eigenvalue weighted by atomic mass is 10.1. The van der Waals surface area contributed by atoms with Crippen molar-refractivity contribution in [2.24, 2.45) is 0 Å². The van der Waals surface area contributed by atoms with Crippen molar-refractivity contribution in [1.82, 2.24) is 16.1 Å². The van der Waals surface area contributed by atoms with Crippen LogP contribution in [0.3, 0.4) is 0 Å².